The van der Waals surface area contributed by atoms with Crippen molar-refractivity contribution in [2.24, 2.45) is 0 Å². The number of anilines is 1. The van der Waals surface area contributed by atoms with E-state index in [1.807, 2.05) is 24.5 Å². The van der Waals surface area contributed by atoms with E-state index in [2.05, 4.69) is 55.5 Å². The van der Waals surface area contributed by atoms with E-state index in [9.17, 15) is 5.11 Å². The van der Waals surface area contributed by atoms with E-state index in [0.29, 0.717) is 12.1 Å². The molecule has 1 unspecified atom stereocenters. The van der Waals surface area contributed by atoms with Crippen LogP contribution in [-0.2, 0) is 16.6 Å². The highest BCUT2D eigenvalue weighted by Gasteiger charge is 2.37. The number of rotatable bonds is 5. The summed E-state index contributed by atoms with van der Waals surface area (Å²) < 4.78 is 5.55. The molecule has 3 aromatic heterocycles. The third-order valence-electron chi connectivity index (χ3n) is 8.87. The van der Waals surface area contributed by atoms with Gasteiger partial charge in [-0.1, -0.05) is 18.2 Å². The minimum Gasteiger partial charge on any atom is -0.508 e. The smallest absolute Gasteiger partial charge is 0.143 e. The molecule has 0 bridgehead atoms. The summed E-state index contributed by atoms with van der Waals surface area (Å²) in [5, 5.41) is 15.3. The molecule has 200 valence electrons. The first-order chi connectivity index (χ1) is 19.2. The zero-order chi connectivity index (χ0) is 26.2. The van der Waals surface area contributed by atoms with Crippen LogP contribution in [0.1, 0.15) is 48.1 Å². The van der Waals surface area contributed by atoms with Gasteiger partial charge in [0, 0.05) is 48.7 Å². The summed E-state index contributed by atoms with van der Waals surface area (Å²) >= 11 is 0. The average molecular weight is 523 g/mol. The molecule has 0 spiro atoms. The van der Waals surface area contributed by atoms with Gasteiger partial charge in [-0.05, 0) is 79.1 Å². The largest absolute Gasteiger partial charge is 0.508 e. The molecule has 1 saturated carbocycles. The summed E-state index contributed by atoms with van der Waals surface area (Å²) in [6.45, 7) is 3.81. The predicted octanol–water partition coefficient (Wildman–Crippen LogP) is 4.67. The van der Waals surface area contributed by atoms with Gasteiger partial charge >= 0.3 is 0 Å². The lowest BCUT2D eigenvalue weighted by molar-refractivity contribution is 0.00791. The zero-order valence-corrected chi connectivity index (χ0v) is 22.0. The Morgan fingerprint density at radius 2 is 1.82 bits per heavy atom. The minimum absolute atomic E-state index is 0.262. The van der Waals surface area contributed by atoms with Gasteiger partial charge in [0.25, 0.3) is 0 Å². The second-order valence-corrected chi connectivity index (χ2v) is 11.0. The van der Waals surface area contributed by atoms with Gasteiger partial charge in [-0.2, -0.15) is 0 Å². The zero-order valence-electron chi connectivity index (χ0n) is 22.0. The fourth-order valence-electron chi connectivity index (χ4n) is 6.82. The number of phenolic OH excluding ortho intramolecular Hbond substituents is 1. The number of aromatic amines is 1. The maximum atomic E-state index is 10.4. The predicted molar refractivity (Wildman–Crippen MR) is 152 cm³/mol. The number of ether oxygens (including phenoxy) is 1. The molecule has 7 rings (SSSR count). The lowest BCUT2D eigenvalue weighted by Gasteiger charge is -2.39. The standard InChI is InChI=1S/C31H34N6O2/c38-25-3-1-2-22(18-25)31(21-9-12-32-13-10-21)11-8-27-26(19-31)28-29(33-20-34-30(28)36-27)35-23-4-6-24(7-5-23)37-14-16-39-17-15-37/h1-3,8-13,18,20,23-24,38H,4-7,14-17,19H2,(H2,33,34,35,36). The molecule has 8 heteroatoms. The van der Waals surface area contributed by atoms with Crippen molar-refractivity contribution in [3.8, 4) is 5.75 Å². The Morgan fingerprint density at radius 1 is 1.00 bits per heavy atom. The number of pyridine rings is 1. The molecular formula is C31H34N6O2. The van der Waals surface area contributed by atoms with Gasteiger partial charge in [0.1, 0.15) is 23.5 Å². The number of benzene rings is 1. The van der Waals surface area contributed by atoms with E-state index < -0.39 is 5.41 Å². The first-order valence-corrected chi connectivity index (χ1v) is 14.0. The molecule has 1 atom stereocenters. The number of fused-ring (bicyclic) bond motifs is 3. The SMILES string of the molecule is Oc1cccc(C2(c3ccncc3)C=Cc3[nH]c4ncnc(NC5CCC(N6CCOCC6)CC5)c4c3C2)c1. The summed E-state index contributed by atoms with van der Waals surface area (Å²) in [7, 11) is 0. The molecule has 1 aromatic carbocycles. The maximum Gasteiger partial charge on any atom is 0.143 e. The Balaban J connectivity index is 1.21. The lowest BCUT2D eigenvalue weighted by atomic mass is 9.68. The van der Waals surface area contributed by atoms with Crippen LogP contribution >= 0.6 is 0 Å². The highest BCUT2D eigenvalue weighted by Crippen LogP contribution is 2.45. The van der Waals surface area contributed by atoms with Crippen LogP contribution in [0.5, 0.6) is 5.75 Å². The topological polar surface area (TPSA) is 99.2 Å². The van der Waals surface area contributed by atoms with Crippen LogP contribution in [0, 0.1) is 0 Å². The van der Waals surface area contributed by atoms with Crippen molar-refractivity contribution in [3.05, 3.63) is 83.6 Å². The molecule has 8 nitrogen and oxygen atoms in total. The molecule has 2 aliphatic carbocycles. The van der Waals surface area contributed by atoms with Gasteiger partial charge in [-0.25, -0.2) is 9.97 Å². The number of hydrogen-bond acceptors (Lipinski definition) is 7. The molecular weight excluding hydrogens is 488 g/mol. The average Bonchev–Trinajstić information content (AvgIpc) is 3.37. The summed E-state index contributed by atoms with van der Waals surface area (Å²) in [5.41, 5.74) is 4.83. The van der Waals surface area contributed by atoms with Crippen molar-refractivity contribution in [2.75, 3.05) is 31.6 Å². The van der Waals surface area contributed by atoms with E-state index in [4.69, 9.17) is 9.72 Å². The van der Waals surface area contributed by atoms with Crippen molar-refractivity contribution in [1.29, 1.82) is 0 Å². The van der Waals surface area contributed by atoms with Crippen LogP contribution in [0.25, 0.3) is 17.1 Å². The highest BCUT2D eigenvalue weighted by atomic mass is 16.5. The van der Waals surface area contributed by atoms with E-state index in [0.717, 1.165) is 79.2 Å². The number of nitrogens with zero attached hydrogens (tertiary/aromatic N) is 4. The van der Waals surface area contributed by atoms with Gasteiger partial charge in [-0.3, -0.25) is 9.88 Å². The van der Waals surface area contributed by atoms with Crippen LogP contribution < -0.4 is 5.32 Å². The van der Waals surface area contributed by atoms with E-state index in [1.54, 1.807) is 12.4 Å². The molecule has 0 radical (unpaired) electrons. The van der Waals surface area contributed by atoms with E-state index >= 15 is 0 Å². The summed E-state index contributed by atoms with van der Waals surface area (Å²) in [5.74, 6) is 1.17. The number of phenols is 1. The van der Waals surface area contributed by atoms with Gasteiger partial charge < -0.3 is 20.1 Å². The van der Waals surface area contributed by atoms with Crippen LogP contribution in [0.4, 0.5) is 5.82 Å². The van der Waals surface area contributed by atoms with Crippen molar-refractivity contribution in [1.82, 2.24) is 24.8 Å². The molecule has 1 saturated heterocycles. The Kier molecular flexibility index (Phi) is 6.29. The van der Waals surface area contributed by atoms with Crippen molar-refractivity contribution < 1.29 is 9.84 Å². The fraction of sp³-hybridized carbons (Fsp3) is 0.387. The molecule has 2 fully saturated rings. The second-order valence-electron chi connectivity index (χ2n) is 11.0. The molecule has 4 aromatic rings. The molecule has 0 amide bonds. The number of nitrogens with one attached hydrogen (secondary N) is 2. The van der Waals surface area contributed by atoms with Crippen molar-refractivity contribution in [2.45, 2.75) is 49.6 Å². The number of H-pyrrole nitrogens is 1. The number of morpholine rings is 1. The fourth-order valence-corrected chi connectivity index (χ4v) is 6.82. The van der Waals surface area contributed by atoms with Gasteiger partial charge in [0.05, 0.1) is 18.6 Å². The van der Waals surface area contributed by atoms with E-state index in [-0.39, 0.29) is 5.75 Å². The van der Waals surface area contributed by atoms with Gasteiger partial charge in [0.2, 0.25) is 0 Å². The molecule has 3 N–H and O–H groups in total. The Bertz CT molecular complexity index is 1490. The number of aromatic nitrogens is 4. The third-order valence-corrected chi connectivity index (χ3v) is 8.87. The number of aromatic hydroxyl groups is 1. The lowest BCUT2D eigenvalue weighted by Crippen LogP contribution is -2.46. The monoisotopic (exact) mass is 522 g/mol. The number of hydrogen-bond donors (Lipinski definition) is 3. The van der Waals surface area contributed by atoms with Crippen LogP contribution in [0.2, 0.25) is 0 Å². The van der Waals surface area contributed by atoms with Crippen molar-refractivity contribution in [3.63, 3.8) is 0 Å². The summed E-state index contributed by atoms with van der Waals surface area (Å²) in [6.07, 6.45) is 15.1. The van der Waals surface area contributed by atoms with Gasteiger partial charge in [0.15, 0.2) is 0 Å². The molecule has 39 heavy (non-hydrogen) atoms. The molecule has 1 aliphatic heterocycles. The molecule has 3 aliphatic rings. The van der Waals surface area contributed by atoms with Gasteiger partial charge in [-0.15, -0.1) is 0 Å². The normalized spacial score (nSPS) is 25.4. The molecule has 4 heterocycles. The second kappa shape index (κ2) is 10.1. The minimum atomic E-state index is -0.451. The first-order valence-electron chi connectivity index (χ1n) is 14.0. The first kappa shape index (κ1) is 24.3. The maximum absolute atomic E-state index is 10.4. The summed E-state index contributed by atoms with van der Waals surface area (Å²) in [4.78, 5) is 19.8. The van der Waals surface area contributed by atoms with Crippen LogP contribution in [0.3, 0.4) is 0 Å². The Labute approximate surface area is 228 Å². The van der Waals surface area contributed by atoms with Crippen molar-refractivity contribution >= 4 is 22.9 Å². The Hall–Kier alpha value is -3.75. The van der Waals surface area contributed by atoms with Crippen LogP contribution in [0.15, 0.2) is 61.2 Å². The van der Waals surface area contributed by atoms with E-state index in [1.165, 1.54) is 18.4 Å². The highest BCUT2D eigenvalue weighted by molar-refractivity contribution is 5.94. The van der Waals surface area contributed by atoms with Crippen LogP contribution in [-0.4, -0.2) is 68.3 Å². The summed E-state index contributed by atoms with van der Waals surface area (Å²) in [6, 6.07) is 12.8. The number of allylic oxidation sites excluding steroid dienone is 1. The third kappa shape index (κ3) is 4.47. The Morgan fingerprint density at radius 3 is 2.62 bits per heavy atom. The quantitative estimate of drug-likeness (QED) is 0.350.